The summed E-state index contributed by atoms with van der Waals surface area (Å²) >= 11 is 0. The number of likely N-dealkylation sites (N-methyl/N-ethyl adjacent to an activating group) is 1. The number of hydrogen-bond donors (Lipinski definition) is 2. The predicted octanol–water partition coefficient (Wildman–Crippen LogP) is 3.36. The SMILES string of the molecule is CC(C)c1cc(NC(=O)[C@@H]2C(=O)N(C)C[C@H]2c2ccc(C(F)(F)F)cc2)[nH]n1. The lowest BCUT2D eigenvalue weighted by Crippen LogP contribution is -2.32. The molecule has 0 unspecified atom stereocenters. The number of carbonyl (C=O) groups is 2. The molecule has 28 heavy (non-hydrogen) atoms. The molecule has 9 heteroatoms. The van der Waals surface area contributed by atoms with E-state index >= 15 is 0 Å². The number of amides is 2. The van der Waals surface area contributed by atoms with Gasteiger partial charge in [0.05, 0.1) is 11.3 Å². The third-order valence-corrected chi connectivity index (χ3v) is 4.91. The maximum atomic E-state index is 12.8. The summed E-state index contributed by atoms with van der Waals surface area (Å²) in [6.45, 7) is 4.16. The first-order valence-corrected chi connectivity index (χ1v) is 8.86. The second kappa shape index (κ2) is 7.29. The molecular weight excluding hydrogens is 373 g/mol. The highest BCUT2D eigenvalue weighted by Gasteiger charge is 2.44. The van der Waals surface area contributed by atoms with Crippen molar-refractivity contribution in [1.29, 1.82) is 0 Å². The van der Waals surface area contributed by atoms with E-state index in [1.807, 2.05) is 13.8 Å². The molecule has 1 fully saturated rings. The summed E-state index contributed by atoms with van der Waals surface area (Å²) in [6.07, 6.45) is -4.44. The van der Waals surface area contributed by atoms with Crippen LogP contribution in [0, 0.1) is 5.92 Å². The maximum absolute atomic E-state index is 12.8. The van der Waals surface area contributed by atoms with Gasteiger partial charge in [-0.15, -0.1) is 0 Å². The van der Waals surface area contributed by atoms with Crippen molar-refractivity contribution in [3.63, 3.8) is 0 Å². The molecule has 3 rings (SSSR count). The van der Waals surface area contributed by atoms with E-state index in [1.54, 1.807) is 13.1 Å². The van der Waals surface area contributed by atoms with Crippen LogP contribution in [-0.2, 0) is 15.8 Å². The minimum absolute atomic E-state index is 0.168. The number of aromatic nitrogens is 2. The van der Waals surface area contributed by atoms with Crippen molar-refractivity contribution in [2.24, 2.45) is 5.92 Å². The van der Waals surface area contributed by atoms with Gasteiger partial charge in [-0.05, 0) is 23.6 Å². The van der Waals surface area contributed by atoms with Gasteiger partial charge in [-0.25, -0.2) is 0 Å². The highest BCUT2D eigenvalue weighted by atomic mass is 19.4. The number of anilines is 1. The van der Waals surface area contributed by atoms with Crippen molar-refractivity contribution in [2.45, 2.75) is 31.9 Å². The van der Waals surface area contributed by atoms with E-state index in [9.17, 15) is 22.8 Å². The van der Waals surface area contributed by atoms with E-state index in [0.717, 1.165) is 17.8 Å². The predicted molar refractivity (Wildman–Crippen MR) is 96.6 cm³/mol. The largest absolute Gasteiger partial charge is 0.416 e. The highest BCUT2D eigenvalue weighted by Crippen LogP contribution is 2.36. The van der Waals surface area contributed by atoms with Gasteiger partial charge in [-0.3, -0.25) is 14.7 Å². The highest BCUT2D eigenvalue weighted by molar-refractivity contribution is 6.08. The fourth-order valence-electron chi connectivity index (χ4n) is 3.32. The van der Waals surface area contributed by atoms with Crippen LogP contribution >= 0.6 is 0 Å². The zero-order valence-corrected chi connectivity index (χ0v) is 15.7. The Bertz CT molecular complexity index is 874. The smallest absolute Gasteiger partial charge is 0.344 e. The Kier molecular flexibility index (Phi) is 5.18. The number of likely N-dealkylation sites (tertiary alicyclic amines) is 1. The summed E-state index contributed by atoms with van der Waals surface area (Å²) in [5.41, 5.74) is 0.511. The van der Waals surface area contributed by atoms with E-state index in [0.29, 0.717) is 11.4 Å². The van der Waals surface area contributed by atoms with E-state index in [2.05, 4.69) is 15.5 Å². The van der Waals surface area contributed by atoms with Crippen molar-refractivity contribution >= 4 is 17.6 Å². The summed E-state index contributed by atoms with van der Waals surface area (Å²) in [4.78, 5) is 26.7. The van der Waals surface area contributed by atoms with Crippen LogP contribution in [0.5, 0.6) is 0 Å². The van der Waals surface area contributed by atoms with Crippen LogP contribution in [0.2, 0.25) is 0 Å². The molecule has 0 radical (unpaired) electrons. The summed E-state index contributed by atoms with van der Waals surface area (Å²) in [7, 11) is 1.57. The van der Waals surface area contributed by atoms with Crippen LogP contribution < -0.4 is 5.32 Å². The Balaban J connectivity index is 1.82. The van der Waals surface area contributed by atoms with Gasteiger partial charge < -0.3 is 10.2 Å². The van der Waals surface area contributed by atoms with Gasteiger partial charge in [-0.2, -0.15) is 18.3 Å². The molecule has 150 valence electrons. The second-order valence-corrected chi connectivity index (χ2v) is 7.27. The monoisotopic (exact) mass is 394 g/mol. The Hall–Kier alpha value is -2.84. The first-order valence-electron chi connectivity index (χ1n) is 8.86. The molecular formula is C19H21F3N4O2. The van der Waals surface area contributed by atoms with Crippen LogP contribution in [0.3, 0.4) is 0 Å². The first kappa shape index (κ1) is 19.9. The molecule has 1 aliphatic rings. The van der Waals surface area contributed by atoms with Gasteiger partial charge >= 0.3 is 6.18 Å². The summed E-state index contributed by atoms with van der Waals surface area (Å²) < 4.78 is 38.4. The third kappa shape index (κ3) is 3.88. The number of nitrogens with zero attached hydrogens (tertiary/aromatic N) is 2. The van der Waals surface area contributed by atoms with Gasteiger partial charge in [0.25, 0.3) is 0 Å². The number of H-pyrrole nitrogens is 1. The van der Waals surface area contributed by atoms with Gasteiger partial charge in [0.1, 0.15) is 11.7 Å². The number of halogens is 3. The minimum Gasteiger partial charge on any atom is -0.344 e. The number of nitrogens with one attached hydrogen (secondary N) is 2. The number of alkyl halides is 3. The molecule has 0 spiro atoms. The van der Waals surface area contributed by atoms with Crippen molar-refractivity contribution in [3.05, 3.63) is 47.2 Å². The summed E-state index contributed by atoms with van der Waals surface area (Å²) in [5.74, 6) is -1.90. The standard InChI is InChI=1S/C19H21F3N4O2/c1-10(2)14-8-15(25-24-14)23-17(27)16-13(9-26(3)18(16)28)11-4-6-12(7-5-11)19(20,21)22/h4-8,10,13,16H,9H2,1-3H3,(H2,23,24,25,27)/t13-,16+/m0/s1. The Morgan fingerprint density at radius 3 is 2.46 bits per heavy atom. The van der Waals surface area contributed by atoms with Crippen LogP contribution in [-0.4, -0.2) is 40.5 Å². The van der Waals surface area contributed by atoms with Crippen molar-refractivity contribution in [2.75, 3.05) is 18.9 Å². The molecule has 0 saturated carbocycles. The maximum Gasteiger partial charge on any atom is 0.416 e. The lowest BCUT2D eigenvalue weighted by Gasteiger charge is -2.17. The fourth-order valence-corrected chi connectivity index (χ4v) is 3.32. The number of hydrogen-bond acceptors (Lipinski definition) is 3. The molecule has 0 bridgehead atoms. The van der Waals surface area contributed by atoms with Crippen LogP contribution in [0.1, 0.15) is 42.5 Å². The third-order valence-electron chi connectivity index (χ3n) is 4.91. The fraction of sp³-hybridized carbons (Fsp3) is 0.421. The zero-order chi connectivity index (χ0) is 20.6. The molecule has 6 nitrogen and oxygen atoms in total. The summed E-state index contributed by atoms with van der Waals surface area (Å²) in [5, 5.41) is 9.47. The Morgan fingerprint density at radius 1 is 1.29 bits per heavy atom. The van der Waals surface area contributed by atoms with E-state index in [4.69, 9.17) is 0 Å². The second-order valence-electron chi connectivity index (χ2n) is 7.27. The van der Waals surface area contributed by atoms with Crippen LogP contribution in [0.25, 0.3) is 0 Å². The average Bonchev–Trinajstić information content (AvgIpc) is 3.19. The molecule has 2 atom stereocenters. The Labute approximate surface area is 160 Å². The number of rotatable bonds is 4. The molecule has 0 aliphatic carbocycles. The Morgan fingerprint density at radius 2 is 1.93 bits per heavy atom. The zero-order valence-electron chi connectivity index (χ0n) is 15.7. The van der Waals surface area contributed by atoms with Gasteiger partial charge in [0, 0.05) is 25.6 Å². The number of aromatic amines is 1. The minimum atomic E-state index is -4.44. The average molecular weight is 394 g/mol. The molecule has 1 aromatic carbocycles. The molecule has 1 aliphatic heterocycles. The molecule has 2 amide bonds. The molecule has 1 saturated heterocycles. The normalized spacial score (nSPS) is 20.1. The van der Waals surface area contributed by atoms with E-state index in [1.165, 1.54) is 17.0 Å². The quantitative estimate of drug-likeness (QED) is 0.781. The van der Waals surface area contributed by atoms with Crippen LogP contribution in [0.4, 0.5) is 19.0 Å². The van der Waals surface area contributed by atoms with E-state index in [-0.39, 0.29) is 18.4 Å². The number of carbonyl (C=O) groups excluding carboxylic acids is 2. The topological polar surface area (TPSA) is 78.1 Å². The van der Waals surface area contributed by atoms with Gasteiger partial charge in [-0.1, -0.05) is 26.0 Å². The van der Waals surface area contributed by atoms with E-state index < -0.39 is 29.5 Å². The van der Waals surface area contributed by atoms with Crippen molar-refractivity contribution in [3.8, 4) is 0 Å². The number of benzene rings is 1. The molecule has 1 aromatic heterocycles. The van der Waals surface area contributed by atoms with Gasteiger partial charge in [0.2, 0.25) is 11.8 Å². The van der Waals surface area contributed by atoms with Crippen LogP contribution in [0.15, 0.2) is 30.3 Å². The first-order chi connectivity index (χ1) is 13.1. The summed E-state index contributed by atoms with van der Waals surface area (Å²) in [6, 6.07) is 6.28. The molecule has 2 heterocycles. The molecule has 2 aromatic rings. The lowest BCUT2D eigenvalue weighted by molar-refractivity contribution is -0.138. The van der Waals surface area contributed by atoms with Crippen molar-refractivity contribution < 1.29 is 22.8 Å². The van der Waals surface area contributed by atoms with Gasteiger partial charge in [0.15, 0.2) is 0 Å². The molecule has 2 N–H and O–H groups in total. The van der Waals surface area contributed by atoms with Crippen molar-refractivity contribution in [1.82, 2.24) is 15.1 Å². The lowest BCUT2D eigenvalue weighted by atomic mass is 9.87.